The smallest absolute Gasteiger partial charge is 0.147 e. The largest absolute Gasteiger partial charge is 0.505 e. The SMILES string of the molecule is Oc1c(C(Nc2cnccn2)c2cccc(C3C=N3)c2Cl)ccc2cccnc12. The fourth-order valence-electron chi connectivity index (χ4n) is 3.45. The number of hydrogen-bond acceptors (Lipinski definition) is 6. The first-order valence-corrected chi connectivity index (χ1v) is 9.51. The topological polar surface area (TPSA) is 83.3 Å². The van der Waals surface area contributed by atoms with Crippen molar-refractivity contribution in [2.24, 2.45) is 4.99 Å². The molecule has 2 unspecified atom stereocenters. The highest BCUT2D eigenvalue weighted by atomic mass is 35.5. The number of halogens is 1. The maximum atomic E-state index is 11.0. The Kier molecular flexibility index (Phi) is 4.33. The Morgan fingerprint density at radius 3 is 2.66 bits per heavy atom. The highest BCUT2D eigenvalue weighted by Gasteiger charge is 2.27. The summed E-state index contributed by atoms with van der Waals surface area (Å²) >= 11 is 6.77. The van der Waals surface area contributed by atoms with Crippen LogP contribution in [0.5, 0.6) is 5.75 Å². The molecule has 5 rings (SSSR count). The Hall–Kier alpha value is -3.51. The van der Waals surface area contributed by atoms with Crippen molar-refractivity contribution in [3.8, 4) is 5.75 Å². The molecule has 2 aromatic heterocycles. The third-order valence-corrected chi connectivity index (χ3v) is 5.37. The molecule has 2 N–H and O–H groups in total. The lowest BCUT2D eigenvalue weighted by Gasteiger charge is -2.23. The van der Waals surface area contributed by atoms with Crippen LogP contribution < -0.4 is 5.32 Å². The molecule has 29 heavy (non-hydrogen) atoms. The van der Waals surface area contributed by atoms with E-state index in [1.54, 1.807) is 24.8 Å². The highest BCUT2D eigenvalue weighted by Crippen LogP contribution is 2.41. The van der Waals surface area contributed by atoms with E-state index in [-0.39, 0.29) is 11.8 Å². The first kappa shape index (κ1) is 17.6. The molecule has 4 aromatic rings. The predicted molar refractivity (Wildman–Crippen MR) is 114 cm³/mol. The van der Waals surface area contributed by atoms with E-state index >= 15 is 0 Å². The molecular formula is C22H16ClN5O. The predicted octanol–water partition coefficient (Wildman–Crippen LogP) is 4.71. The molecule has 0 spiro atoms. The van der Waals surface area contributed by atoms with Gasteiger partial charge >= 0.3 is 0 Å². The number of phenolic OH excluding ortho intramolecular Hbond substituents is 1. The number of fused-ring (bicyclic) bond motifs is 1. The summed E-state index contributed by atoms with van der Waals surface area (Å²) in [6.07, 6.45) is 8.36. The van der Waals surface area contributed by atoms with E-state index in [1.807, 2.05) is 48.7 Å². The van der Waals surface area contributed by atoms with E-state index in [2.05, 4.69) is 25.3 Å². The van der Waals surface area contributed by atoms with Crippen molar-refractivity contribution in [2.75, 3.05) is 5.32 Å². The number of anilines is 1. The molecule has 2 atom stereocenters. The summed E-state index contributed by atoms with van der Waals surface area (Å²) in [5.41, 5.74) is 2.94. The van der Waals surface area contributed by atoms with E-state index < -0.39 is 6.04 Å². The molecule has 3 heterocycles. The lowest BCUT2D eigenvalue weighted by atomic mass is 9.94. The van der Waals surface area contributed by atoms with E-state index in [9.17, 15) is 5.11 Å². The summed E-state index contributed by atoms with van der Waals surface area (Å²) in [6.45, 7) is 0. The molecule has 1 aliphatic heterocycles. The van der Waals surface area contributed by atoms with Gasteiger partial charge in [-0.05, 0) is 11.6 Å². The van der Waals surface area contributed by atoms with E-state index in [1.165, 1.54) is 0 Å². The standard InChI is InChI=1S/C22H16ClN5O/c23-19-14(17-11-27-17)4-1-5-15(19)21(28-18-12-24-9-10-25-18)16-7-6-13-3-2-8-26-20(13)22(16)29/h1-12,17,21,29H,(H,25,28). The molecule has 0 saturated heterocycles. The number of aromatic nitrogens is 3. The second-order valence-corrected chi connectivity index (χ2v) is 7.12. The summed E-state index contributed by atoms with van der Waals surface area (Å²) in [4.78, 5) is 17.0. The second-order valence-electron chi connectivity index (χ2n) is 6.74. The van der Waals surface area contributed by atoms with Crippen molar-refractivity contribution in [1.82, 2.24) is 15.0 Å². The quantitative estimate of drug-likeness (QED) is 0.506. The van der Waals surface area contributed by atoms with Gasteiger partial charge < -0.3 is 10.4 Å². The van der Waals surface area contributed by atoms with Gasteiger partial charge in [-0.25, -0.2) is 4.98 Å². The van der Waals surface area contributed by atoms with Crippen LogP contribution in [0, 0.1) is 0 Å². The van der Waals surface area contributed by atoms with Crippen LogP contribution in [-0.2, 0) is 0 Å². The first-order valence-electron chi connectivity index (χ1n) is 9.13. The number of pyridine rings is 1. The van der Waals surface area contributed by atoms with Gasteiger partial charge in [0.2, 0.25) is 0 Å². The van der Waals surface area contributed by atoms with E-state index in [0.717, 1.165) is 16.5 Å². The zero-order valence-corrected chi connectivity index (χ0v) is 16.0. The number of aliphatic imine (C=N–C) groups is 1. The van der Waals surface area contributed by atoms with Crippen LogP contribution in [0.15, 0.2) is 72.2 Å². The Balaban J connectivity index is 1.67. The van der Waals surface area contributed by atoms with Gasteiger partial charge in [0.25, 0.3) is 0 Å². The van der Waals surface area contributed by atoms with Crippen LogP contribution in [0.4, 0.5) is 5.82 Å². The number of benzene rings is 2. The zero-order valence-electron chi connectivity index (χ0n) is 15.2. The maximum absolute atomic E-state index is 11.0. The normalized spacial score (nSPS) is 16.0. The van der Waals surface area contributed by atoms with Crippen molar-refractivity contribution in [2.45, 2.75) is 12.1 Å². The Labute approximate surface area is 172 Å². The van der Waals surface area contributed by atoms with Crippen LogP contribution in [0.25, 0.3) is 10.9 Å². The molecule has 0 fully saturated rings. The number of rotatable bonds is 5. The van der Waals surface area contributed by atoms with Crippen LogP contribution in [0.2, 0.25) is 5.02 Å². The molecule has 0 saturated carbocycles. The molecule has 1 aliphatic rings. The van der Waals surface area contributed by atoms with Gasteiger partial charge in [0.1, 0.15) is 23.1 Å². The third kappa shape index (κ3) is 3.28. The van der Waals surface area contributed by atoms with Crippen molar-refractivity contribution >= 4 is 34.5 Å². The van der Waals surface area contributed by atoms with Gasteiger partial charge in [-0.2, -0.15) is 0 Å². The molecule has 0 bridgehead atoms. The maximum Gasteiger partial charge on any atom is 0.147 e. The van der Waals surface area contributed by atoms with Gasteiger partial charge in [-0.3, -0.25) is 15.0 Å². The summed E-state index contributed by atoms with van der Waals surface area (Å²) in [5.74, 6) is 0.677. The lowest BCUT2D eigenvalue weighted by Crippen LogP contribution is -2.15. The van der Waals surface area contributed by atoms with Gasteiger partial charge in [-0.15, -0.1) is 0 Å². The van der Waals surface area contributed by atoms with Crippen LogP contribution in [0.3, 0.4) is 0 Å². The number of phenols is 1. The highest BCUT2D eigenvalue weighted by molar-refractivity contribution is 6.32. The molecule has 7 heteroatoms. The lowest BCUT2D eigenvalue weighted by molar-refractivity contribution is 0.471. The van der Waals surface area contributed by atoms with Gasteiger partial charge in [0, 0.05) is 41.3 Å². The molecule has 142 valence electrons. The third-order valence-electron chi connectivity index (χ3n) is 4.93. The number of aromatic hydroxyl groups is 1. The first-order chi connectivity index (χ1) is 14.2. The minimum atomic E-state index is -0.454. The van der Waals surface area contributed by atoms with Crippen molar-refractivity contribution in [1.29, 1.82) is 0 Å². The van der Waals surface area contributed by atoms with Crippen molar-refractivity contribution in [3.63, 3.8) is 0 Å². The monoisotopic (exact) mass is 401 g/mol. The van der Waals surface area contributed by atoms with Crippen molar-refractivity contribution in [3.05, 3.63) is 89.0 Å². The molecular weight excluding hydrogens is 386 g/mol. The Morgan fingerprint density at radius 2 is 1.86 bits per heavy atom. The van der Waals surface area contributed by atoms with Gasteiger partial charge in [0.05, 0.1) is 17.3 Å². The summed E-state index contributed by atoms with van der Waals surface area (Å²) < 4.78 is 0. The van der Waals surface area contributed by atoms with Gasteiger partial charge in [-0.1, -0.05) is 48.0 Å². The molecule has 6 nitrogen and oxygen atoms in total. The Morgan fingerprint density at radius 1 is 0.966 bits per heavy atom. The van der Waals surface area contributed by atoms with Crippen LogP contribution in [0.1, 0.15) is 28.8 Å². The average molecular weight is 402 g/mol. The fourth-order valence-corrected chi connectivity index (χ4v) is 3.79. The average Bonchev–Trinajstić information content (AvgIpc) is 3.59. The number of hydrogen-bond donors (Lipinski definition) is 2. The summed E-state index contributed by atoms with van der Waals surface area (Å²) in [7, 11) is 0. The van der Waals surface area contributed by atoms with Crippen LogP contribution >= 0.6 is 11.6 Å². The van der Waals surface area contributed by atoms with E-state index in [0.29, 0.717) is 21.9 Å². The van der Waals surface area contributed by atoms with E-state index in [4.69, 9.17) is 11.6 Å². The molecule has 0 radical (unpaired) electrons. The minimum Gasteiger partial charge on any atom is -0.505 e. The summed E-state index contributed by atoms with van der Waals surface area (Å²) in [5, 5.41) is 15.9. The molecule has 0 amide bonds. The Bertz CT molecular complexity index is 1220. The number of nitrogens with zero attached hydrogens (tertiary/aromatic N) is 4. The summed E-state index contributed by atoms with van der Waals surface area (Å²) in [6, 6.07) is 13.0. The fraction of sp³-hybridized carbons (Fsp3) is 0.0909. The zero-order chi connectivity index (χ0) is 19.8. The second kappa shape index (κ2) is 7.14. The molecule has 2 aromatic carbocycles. The van der Waals surface area contributed by atoms with Gasteiger partial charge in [0.15, 0.2) is 0 Å². The van der Waals surface area contributed by atoms with Crippen LogP contribution in [-0.4, -0.2) is 26.3 Å². The molecule has 0 aliphatic carbocycles. The van der Waals surface area contributed by atoms with Crippen molar-refractivity contribution < 1.29 is 5.11 Å². The number of nitrogens with one attached hydrogen (secondary N) is 1. The minimum absolute atomic E-state index is 0.0199.